The van der Waals surface area contributed by atoms with Crippen molar-refractivity contribution in [1.29, 1.82) is 0 Å². The molecule has 0 N–H and O–H groups in total. The number of hydrogen-bond acceptors (Lipinski definition) is 4. The Kier molecular flexibility index (Phi) is 4.48. The third kappa shape index (κ3) is 3.12. The average Bonchev–Trinajstić information content (AvgIpc) is 3.28. The number of likely N-dealkylation sites (N-methyl/N-ethyl adjacent to an activating group) is 1. The molecule has 0 saturated carbocycles. The normalized spacial score (nSPS) is 12.6. The predicted molar refractivity (Wildman–Crippen MR) is 110 cm³/mol. The molecular formula is C22H22N2O2S. The number of benzene rings is 2. The molecule has 0 fully saturated rings. The van der Waals surface area contributed by atoms with Gasteiger partial charge in [0.05, 0.1) is 28.9 Å². The van der Waals surface area contributed by atoms with Crippen LogP contribution < -0.4 is 0 Å². The molecule has 0 radical (unpaired) electrons. The first-order valence-corrected chi connectivity index (χ1v) is 9.84. The van der Waals surface area contributed by atoms with Crippen molar-refractivity contribution < 1.29 is 9.21 Å². The highest BCUT2D eigenvalue weighted by atomic mass is 32.1. The van der Waals surface area contributed by atoms with E-state index in [0.717, 1.165) is 37.3 Å². The van der Waals surface area contributed by atoms with Gasteiger partial charge in [-0.05, 0) is 44.0 Å². The van der Waals surface area contributed by atoms with Gasteiger partial charge in [0.1, 0.15) is 10.6 Å². The van der Waals surface area contributed by atoms with Crippen molar-refractivity contribution in [2.75, 3.05) is 7.05 Å². The zero-order valence-corrected chi connectivity index (χ0v) is 16.8. The number of carbonyl (C=O) groups is 1. The number of aromatic nitrogens is 1. The van der Waals surface area contributed by atoms with Gasteiger partial charge in [-0.3, -0.25) is 4.79 Å². The summed E-state index contributed by atoms with van der Waals surface area (Å²) in [5.74, 6) is 0.0580. The van der Waals surface area contributed by atoms with Crippen molar-refractivity contribution in [1.82, 2.24) is 9.88 Å². The summed E-state index contributed by atoms with van der Waals surface area (Å²) in [6.07, 6.45) is 2.03. The monoisotopic (exact) mass is 378 g/mol. The molecule has 0 aliphatic heterocycles. The minimum absolute atomic E-state index is 0.0580. The van der Waals surface area contributed by atoms with E-state index in [9.17, 15) is 4.79 Å². The topological polar surface area (TPSA) is 46.3 Å². The Morgan fingerprint density at radius 3 is 2.78 bits per heavy atom. The molecule has 4 aromatic rings. The Morgan fingerprint density at radius 1 is 1.22 bits per heavy atom. The van der Waals surface area contributed by atoms with E-state index in [2.05, 4.69) is 19.1 Å². The lowest BCUT2D eigenvalue weighted by molar-refractivity contribution is -0.131. The van der Waals surface area contributed by atoms with Gasteiger partial charge in [0.15, 0.2) is 0 Å². The molecule has 138 valence electrons. The Balaban J connectivity index is 1.56. The zero-order chi connectivity index (χ0) is 19.1. The smallest absolute Gasteiger partial charge is 0.227 e. The van der Waals surface area contributed by atoms with Crippen LogP contribution in [0.3, 0.4) is 0 Å². The number of fused-ring (bicyclic) bond motifs is 2. The van der Waals surface area contributed by atoms with Gasteiger partial charge in [-0.2, -0.15) is 0 Å². The van der Waals surface area contributed by atoms with Crippen molar-refractivity contribution in [3.63, 3.8) is 0 Å². The maximum atomic E-state index is 12.9. The van der Waals surface area contributed by atoms with Crippen molar-refractivity contribution >= 4 is 38.4 Å². The largest absolute Gasteiger partial charge is 0.464 e. The van der Waals surface area contributed by atoms with E-state index >= 15 is 0 Å². The summed E-state index contributed by atoms with van der Waals surface area (Å²) in [5, 5.41) is 1.98. The molecule has 1 atom stereocenters. The van der Waals surface area contributed by atoms with Crippen molar-refractivity contribution in [2.45, 2.75) is 33.2 Å². The van der Waals surface area contributed by atoms with Crippen molar-refractivity contribution in [3.05, 3.63) is 64.4 Å². The summed E-state index contributed by atoms with van der Waals surface area (Å²) in [6, 6.07) is 12.1. The third-order valence-electron chi connectivity index (χ3n) is 5.33. The zero-order valence-electron chi connectivity index (χ0n) is 15.9. The van der Waals surface area contributed by atoms with Gasteiger partial charge in [-0.1, -0.05) is 24.3 Å². The van der Waals surface area contributed by atoms with Crippen molar-refractivity contribution in [2.24, 2.45) is 0 Å². The lowest BCUT2D eigenvalue weighted by atomic mass is 10.0. The fraction of sp³-hybridized carbons (Fsp3) is 0.273. The fourth-order valence-corrected chi connectivity index (χ4v) is 4.33. The summed E-state index contributed by atoms with van der Waals surface area (Å²) in [6.45, 7) is 6.14. The van der Waals surface area contributed by atoms with E-state index < -0.39 is 0 Å². The van der Waals surface area contributed by atoms with E-state index in [4.69, 9.17) is 9.40 Å². The lowest BCUT2D eigenvalue weighted by Gasteiger charge is -2.23. The molecule has 0 spiro atoms. The van der Waals surface area contributed by atoms with Gasteiger partial charge in [0.25, 0.3) is 0 Å². The number of furan rings is 1. The second-order valence-corrected chi connectivity index (χ2v) is 8.08. The molecule has 2 heterocycles. The van der Waals surface area contributed by atoms with E-state index in [1.165, 1.54) is 5.56 Å². The average molecular weight is 378 g/mol. The number of aryl methyl sites for hydroxylation is 2. The SMILES string of the molecule is Cc1ccc2c(CC(=O)N(C)[C@H](C)c3nc4ccccc4s3)coc2c1C. The van der Waals surface area contributed by atoms with E-state index in [0.29, 0.717) is 6.42 Å². The Bertz CT molecular complexity index is 1110. The van der Waals surface area contributed by atoms with Crippen molar-refractivity contribution in [3.8, 4) is 0 Å². The summed E-state index contributed by atoms with van der Waals surface area (Å²) < 4.78 is 6.89. The summed E-state index contributed by atoms with van der Waals surface area (Å²) in [7, 11) is 1.84. The van der Waals surface area contributed by atoms with E-state index in [1.807, 2.05) is 45.2 Å². The van der Waals surface area contributed by atoms with Crippen LogP contribution in [-0.4, -0.2) is 22.8 Å². The van der Waals surface area contributed by atoms with Gasteiger partial charge in [0, 0.05) is 18.0 Å². The number of rotatable bonds is 4. The standard InChI is InChI=1S/C22H22N2O2S/c1-13-9-10-17-16(12-26-21(17)14(13)2)11-20(25)24(4)15(3)22-23-18-7-5-6-8-19(18)27-22/h5-10,12,15H,11H2,1-4H3/t15-/m1/s1. The first kappa shape index (κ1) is 17.7. The number of para-hydroxylation sites is 1. The number of thiazole rings is 1. The molecule has 4 rings (SSSR count). The maximum Gasteiger partial charge on any atom is 0.227 e. The van der Waals surface area contributed by atoms with Gasteiger partial charge in [-0.25, -0.2) is 4.98 Å². The molecule has 0 aliphatic carbocycles. The number of carbonyl (C=O) groups excluding carboxylic acids is 1. The number of amides is 1. The van der Waals surface area contributed by atoms with Gasteiger partial charge >= 0.3 is 0 Å². The second kappa shape index (κ2) is 6.82. The number of hydrogen-bond donors (Lipinski definition) is 0. The molecule has 4 nitrogen and oxygen atoms in total. The highest BCUT2D eigenvalue weighted by molar-refractivity contribution is 7.18. The van der Waals surface area contributed by atoms with Crippen LogP contribution in [0.4, 0.5) is 0 Å². The maximum absolute atomic E-state index is 12.9. The summed E-state index contributed by atoms with van der Waals surface area (Å²) in [4.78, 5) is 19.4. The quantitative estimate of drug-likeness (QED) is 0.476. The van der Waals surface area contributed by atoms with Gasteiger partial charge in [-0.15, -0.1) is 11.3 Å². The molecule has 2 aromatic carbocycles. The van der Waals surface area contributed by atoms with E-state index in [-0.39, 0.29) is 11.9 Å². The Morgan fingerprint density at radius 2 is 2.00 bits per heavy atom. The van der Waals surface area contributed by atoms with Crippen LogP contribution in [0.15, 0.2) is 47.1 Å². The van der Waals surface area contributed by atoms with Crippen LogP contribution in [0.2, 0.25) is 0 Å². The molecule has 2 aromatic heterocycles. The van der Waals surface area contributed by atoms with Crippen LogP contribution in [0.5, 0.6) is 0 Å². The highest BCUT2D eigenvalue weighted by Crippen LogP contribution is 2.30. The summed E-state index contributed by atoms with van der Waals surface area (Å²) >= 11 is 1.64. The molecule has 0 bridgehead atoms. The predicted octanol–water partition coefficient (Wildman–Crippen LogP) is 5.42. The van der Waals surface area contributed by atoms with Gasteiger partial charge < -0.3 is 9.32 Å². The van der Waals surface area contributed by atoms with Crippen LogP contribution in [-0.2, 0) is 11.2 Å². The third-order valence-corrected chi connectivity index (χ3v) is 6.53. The molecular weight excluding hydrogens is 356 g/mol. The van der Waals surface area contributed by atoms with Crippen LogP contribution in [0, 0.1) is 13.8 Å². The molecule has 0 aliphatic rings. The molecule has 0 unspecified atom stereocenters. The molecule has 27 heavy (non-hydrogen) atoms. The van der Waals surface area contributed by atoms with Crippen LogP contribution >= 0.6 is 11.3 Å². The first-order chi connectivity index (χ1) is 13.0. The summed E-state index contributed by atoms with van der Waals surface area (Å²) in [5.41, 5.74) is 5.11. The molecule has 0 saturated heterocycles. The fourth-order valence-electron chi connectivity index (χ4n) is 3.26. The minimum atomic E-state index is -0.0722. The molecule has 5 heteroatoms. The minimum Gasteiger partial charge on any atom is -0.464 e. The van der Waals surface area contributed by atoms with Crippen LogP contribution in [0.25, 0.3) is 21.2 Å². The van der Waals surface area contributed by atoms with E-state index in [1.54, 1.807) is 22.5 Å². The Labute approximate surface area is 162 Å². The molecule has 1 amide bonds. The first-order valence-electron chi connectivity index (χ1n) is 9.03. The highest BCUT2D eigenvalue weighted by Gasteiger charge is 2.22. The second-order valence-electron chi connectivity index (χ2n) is 7.02. The van der Waals surface area contributed by atoms with Gasteiger partial charge in [0.2, 0.25) is 5.91 Å². The Hall–Kier alpha value is -2.66. The number of nitrogens with zero attached hydrogens (tertiary/aromatic N) is 2. The lowest BCUT2D eigenvalue weighted by Crippen LogP contribution is -2.30. The van der Waals surface area contributed by atoms with Crippen LogP contribution in [0.1, 0.15) is 34.7 Å².